The number of hydrogen-bond donors (Lipinski definition) is 6. The van der Waals surface area contributed by atoms with E-state index in [9.17, 15) is 40.2 Å². The van der Waals surface area contributed by atoms with Crippen LogP contribution in [0.15, 0.2) is 23.5 Å². The Morgan fingerprint density at radius 1 is 1.04 bits per heavy atom. The Kier molecular flexibility index (Phi) is 4.93. The second kappa shape index (κ2) is 6.91. The van der Waals surface area contributed by atoms with Crippen LogP contribution in [0.3, 0.4) is 0 Å². The van der Waals surface area contributed by atoms with Crippen molar-refractivity contribution >= 4 is 11.6 Å². The number of benzene rings is 1. The Bertz CT molecular complexity index is 827. The van der Waals surface area contributed by atoms with Gasteiger partial charge in [0.1, 0.15) is 24.4 Å². The number of phenolic OH excluding ortho intramolecular Hbond substituents is 1. The number of phenols is 1. The summed E-state index contributed by atoms with van der Waals surface area (Å²) in [6.07, 6.45) is -7.84. The molecule has 10 heteroatoms. The third-order valence-corrected chi connectivity index (χ3v) is 4.62. The molecule has 146 valence electrons. The Hall–Kier alpha value is -2.50. The first-order valence-corrected chi connectivity index (χ1v) is 8.01. The number of ether oxygens (including phenoxy) is 2. The molecule has 5 atom stereocenters. The van der Waals surface area contributed by atoms with Crippen molar-refractivity contribution in [3.8, 4) is 11.5 Å². The molecule has 3 rings (SSSR count). The van der Waals surface area contributed by atoms with Gasteiger partial charge in [-0.05, 0) is 19.1 Å². The van der Waals surface area contributed by atoms with Crippen molar-refractivity contribution in [1.29, 1.82) is 0 Å². The molecule has 1 heterocycles. The number of hydrogen-bond acceptors (Lipinski definition) is 10. The Balaban J connectivity index is 1.95. The van der Waals surface area contributed by atoms with Crippen LogP contribution in [0, 0.1) is 0 Å². The Morgan fingerprint density at radius 3 is 2.33 bits per heavy atom. The van der Waals surface area contributed by atoms with Gasteiger partial charge in [0.15, 0.2) is 23.0 Å². The van der Waals surface area contributed by atoms with Crippen molar-refractivity contribution in [2.75, 3.05) is 6.61 Å². The van der Waals surface area contributed by atoms with Crippen LogP contribution in [-0.2, 0) is 4.74 Å². The monoisotopic (exact) mass is 382 g/mol. The predicted octanol–water partition coefficient (Wildman–Crippen LogP) is -1.22. The molecule has 0 saturated carbocycles. The van der Waals surface area contributed by atoms with Gasteiger partial charge in [0.25, 0.3) is 0 Å². The third kappa shape index (κ3) is 2.97. The zero-order valence-electron chi connectivity index (χ0n) is 14.1. The molecular weight excluding hydrogens is 364 g/mol. The lowest BCUT2D eigenvalue weighted by Gasteiger charge is -2.39. The van der Waals surface area contributed by atoms with E-state index in [0.717, 1.165) is 6.07 Å². The number of aromatic hydroxyl groups is 1. The second-order valence-corrected chi connectivity index (χ2v) is 6.28. The Labute approximate surface area is 152 Å². The van der Waals surface area contributed by atoms with E-state index in [4.69, 9.17) is 9.47 Å². The topological polar surface area (TPSA) is 174 Å². The molecule has 0 aromatic heterocycles. The van der Waals surface area contributed by atoms with Crippen LogP contribution < -0.4 is 4.74 Å². The van der Waals surface area contributed by atoms with Crippen molar-refractivity contribution in [1.82, 2.24) is 0 Å². The van der Waals surface area contributed by atoms with Crippen LogP contribution in [0.25, 0.3) is 0 Å². The standard InChI is InChI=1S/C17H18O10/c1-5-10(19)6-2-3-7(12(21)9(6)14(23)11(5)20)26-17-16(25)15(24)13(22)8(4-18)27-17/h2-3,8,13,15-18,20-22,24-25H,4H2,1H3/t8?,13-,15+,16+,17-/m1/s1. The van der Waals surface area contributed by atoms with Crippen molar-refractivity contribution in [3.05, 3.63) is 34.6 Å². The summed E-state index contributed by atoms with van der Waals surface area (Å²) in [5, 5.41) is 58.8. The quantitative estimate of drug-likeness (QED) is 0.372. The number of fused-ring (bicyclic) bond motifs is 1. The van der Waals surface area contributed by atoms with Gasteiger partial charge in [-0.3, -0.25) is 9.59 Å². The third-order valence-electron chi connectivity index (χ3n) is 4.62. The van der Waals surface area contributed by atoms with E-state index in [1.54, 1.807) is 0 Å². The maximum atomic E-state index is 12.2. The van der Waals surface area contributed by atoms with E-state index in [0.29, 0.717) is 0 Å². The summed E-state index contributed by atoms with van der Waals surface area (Å²) in [4.78, 5) is 24.4. The van der Waals surface area contributed by atoms with Gasteiger partial charge in [-0.2, -0.15) is 0 Å². The molecule has 27 heavy (non-hydrogen) atoms. The van der Waals surface area contributed by atoms with Crippen LogP contribution in [0.1, 0.15) is 27.6 Å². The van der Waals surface area contributed by atoms with Crippen molar-refractivity contribution in [2.45, 2.75) is 37.6 Å². The number of aliphatic hydroxyl groups excluding tert-OH is 5. The van der Waals surface area contributed by atoms with Crippen molar-refractivity contribution in [3.63, 3.8) is 0 Å². The number of aliphatic hydroxyl groups is 5. The first kappa shape index (κ1) is 19.3. The molecule has 1 aliphatic heterocycles. The highest BCUT2D eigenvalue weighted by Gasteiger charge is 2.45. The lowest BCUT2D eigenvalue weighted by Crippen LogP contribution is -2.60. The highest BCUT2D eigenvalue weighted by Crippen LogP contribution is 2.39. The molecule has 1 aromatic rings. The number of ketones is 2. The normalized spacial score (nSPS) is 31.1. The molecule has 1 fully saturated rings. The molecule has 0 amide bonds. The minimum absolute atomic E-state index is 0.131. The van der Waals surface area contributed by atoms with Gasteiger partial charge in [0.2, 0.25) is 12.1 Å². The van der Waals surface area contributed by atoms with Crippen LogP contribution in [-0.4, -0.2) is 79.5 Å². The van der Waals surface area contributed by atoms with Gasteiger partial charge < -0.3 is 40.1 Å². The molecule has 0 radical (unpaired) electrons. The maximum Gasteiger partial charge on any atom is 0.232 e. The van der Waals surface area contributed by atoms with Crippen LogP contribution in [0.5, 0.6) is 11.5 Å². The largest absolute Gasteiger partial charge is 0.504 e. The second-order valence-electron chi connectivity index (χ2n) is 6.28. The minimum atomic E-state index is -1.73. The summed E-state index contributed by atoms with van der Waals surface area (Å²) in [5.41, 5.74) is -0.756. The average Bonchev–Trinajstić information content (AvgIpc) is 2.66. The first-order valence-electron chi connectivity index (χ1n) is 8.01. The molecule has 1 saturated heterocycles. The molecule has 10 nitrogen and oxygen atoms in total. The zero-order valence-corrected chi connectivity index (χ0v) is 14.1. The highest BCUT2D eigenvalue weighted by molar-refractivity contribution is 6.27. The number of Topliss-reactive ketones (excluding diaryl/α,β-unsaturated/α-hetero) is 2. The van der Waals surface area contributed by atoms with E-state index in [2.05, 4.69) is 0 Å². The summed E-state index contributed by atoms with van der Waals surface area (Å²) in [5.74, 6) is -3.54. The lowest BCUT2D eigenvalue weighted by molar-refractivity contribution is -0.277. The van der Waals surface area contributed by atoms with E-state index in [1.807, 2.05) is 0 Å². The fourth-order valence-corrected chi connectivity index (χ4v) is 2.97. The summed E-state index contributed by atoms with van der Waals surface area (Å²) in [7, 11) is 0. The minimum Gasteiger partial charge on any atom is -0.504 e. The van der Waals surface area contributed by atoms with E-state index in [-0.39, 0.29) is 16.9 Å². The van der Waals surface area contributed by atoms with Crippen LogP contribution in [0.4, 0.5) is 0 Å². The van der Waals surface area contributed by atoms with E-state index in [1.165, 1.54) is 13.0 Å². The van der Waals surface area contributed by atoms with Gasteiger partial charge in [-0.1, -0.05) is 0 Å². The van der Waals surface area contributed by atoms with E-state index < -0.39 is 66.0 Å². The summed E-state index contributed by atoms with van der Waals surface area (Å²) < 4.78 is 10.5. The van der Waals surface area contributed by atoms with Gasteiger partial charge in [-0.25, -0.2) is 0 Å². The van der Waals surface area contributed by atoms with Crippen molar-refractivity contribution in [2.24, 2.45) is 0 Å². The van der Waals surface area contributed by atoms with Crippen LogP contribution >= 0.6 is 0 Å². The summed E-state index contributed by atoms with van der Waals surface area (Å²) in [6.45, 7) is 0.597. The zero-order chi connectivity index (χ0) is 20.0. The van der Waals surface area contributed by atoms with Gasteiger partial charge >= 0.3 is 0 Å². The molecule has 2 aliphatic rings. The fraction of sp³-hybridized carbons (Fsp3) is 0.412. The molecule has 6 N–H and O–H groups in total. The lowest BCUT2D eigenvalue weighted by atomic mass is 9.88. The van der Waals surface area contributed by atoms with Gasteiger partial charge in [0, 0.05) is 11.1 Å². The fourth-order valence-electron chi connectivity index (χ4n) is 2.97. The average molecular weight is 382 g/mol. The molecule has 1 aromatic carbocycles. The Morgan fingerprint density at radius 2 is 1.70 bits per heavy atom. The van der Waals surface area contributed by atoms with E-state index >= 15 is 0 Å². The number of allylic oxidation sites excluding steroid dienone is 2. The van der Waals surface area contributed by atoms with Crippen LogP contribution in [0.2, 0.25) is 0 Å². The molecule has 1 aliphatic carbocycles. The van der Waals surface area contributed by atoms with Gasteiger partial charge in [-0.15, -0.1) is 0 Å². The number of rotatable bonds is 3. The first-order chi connectivity index (χ1) is 12.7. The number of carbonyl (C=O) groups excluding carboxylic acids is 2. The van der Waals surface area contributed by atoms with Crippen molar-refractivity contribution < 1.29 is 49.7 Å². The predicted molar refractivity (Wildman–Crippen MR) is 86.5 cm³/mol. The summed E-state index contributed by atoms with van der Waals surface area (Å²) >= 11 is 0. The summed E-state index contributed by atoms with van der Waals surface area (Å²) in [6, 6.07) is 2.35. The smallest absolute Gasteiger partial charge is 0.232 e. The SMILES string of the molecule is CC1=C(O)C(=O)c2c(ccc(O[C@@H]3OC(CO)[C@@H](O)[C@H](O)[C@@H]3O)c2O)C1=O. The molecule has 1 unspecified atom stereocenters. The molecule has 0 bridgehead atoms. The van der Waals surface area contributed by atoms with Gasteiger partial charge in [0.05, 0.1) is 12.2 Å². The highest BCUT2D eigenvalue weighted by atomic mass is 16.7. The molecule has 0 spiro atoms. The maximum absolute atomic E-state index is 12.2. The number of carbonyl (C=O) groups is 2. The molecular formula is C17H18O10.